The van der Waals surface area contributed by atoms with Crippen molar-refractivity contribution >= 4 is 28.6 Å². The summed E-state index contributed by atoms with van der Waals surface area (Å²) in [6.45, 7) is 3.94. The van der Waals surface area contributed by atoms with E-state index in [4.69, 9.17) is 0 Å². The molecule has 0 saturated carbocycles. The van der Waals surface area contributed by atoms with Gasteiger partial charge in [0, 0.05) is 11.1 Å². The molecule has 0 radical (unpaired) electrons. The lowest BCUT2D eigenvalue weighted by Gasteiger charge is -2.14. The van der Waals surface area contributed by atoms with Gasteiger partial charge in [0.15, 0.2) is 5.16 Å². The molecular weight excluding hydrogens is 318 g/mol. The standard InChI is InChI=1S/C19H19N3OS/c1-13(15-8-4-3-5-9-15)20-18(23)12-24-19-21-14(2)16-10-6-7-11-17(16)22-19/h3-11,13H,12H2,1-2H3,(H,20,23)/t13-/m1/s1. The lowest BCUT2D eigenvalue weighted by molar-refractivity contribution is -0.119. The van der Waals surface area contributed by atoms with E-state index in [2.05, 4.69) is 15.3 Å². The summed E-state index contributed by atoms with van der Waals surface area (Å²) >= 11 is 1.36. The predicted molar refractivity (Wildman–Crippen MR) is 98.0 cm³/mol. The molecule has 0 aliphatic rings. The Balaban J connectivity index is 1.62. The first-order valence-electron chi connectivity index (χ1n) is 7.84. The van der Waals surface area contributed by atoms with Gasteiger partial charge in [-0.15, -0.1) is 0 Å². The van der Waals surface area contributed by atoms with Gasteiger partial charge in [0.25, 0.3) is 0 Å². The molecular formula is C19H19N3OS. The van der Waals surface area contributed by atoms with Crippen LogP contribution < -0.4 is 5.32 Å². The minimum absolute atomic E-state index is 0.0152. The van der Waals surface area contributed by atoms with Crippen molar-refractivity contribution in [3.63, 3.8) is 0 Å². The lowest BCUT2D eigenvalue weighted by Crippen LogP contribution is -2.28. The largest absolute Gasteiger partial charge is 0.349 e. The lowest BCUT2D eigenvalue weighted by atomic mass is 10.1. The van der Waals surface area contributed by atoms with E-state index >= 15 is 0 Å². The van der Waals surface area contributed by atoms with E-state index in [1.54, 1.807) is 0 Å². The van der Waals surface area contributed by atoms with E-state index in [0.29, 0.717) is 10.9 Å². The average Bonchev–Trinajstić information content (AvgIpc) is 2.61. The van der Waals surface area contributed by atoms with E-state index in [-0.39, 0.29) is 11.9 Å². The van der Waals surface area contributed by atoms with Gasteiger partial charge in [0.1, 0.15) is 0 Å². The normalized spacial score (nSPS) is 12.1. The molecule has 1 heterocycles. The van der Waals surface area contributed by atoms with Crippen molar-refractivity contribution in [2.45, 2.75) is 25.0 Å². The van der Waals surface area contributed by atoms with Crippen LogP contribution in [0.4, 0.5) is 0 Å². The zero-order valence-corrected chi connectivity index (χ0v) is 14.5. The molecule has 4 nitrogen and oxygen atoms in total. The molecule has 0 aliphatic heterocycles. The summed E-state index contributed by atoms with van der Waals surface area (Å²) < 4.78 is 0. The van der Waals surface area contributed by atoms with Crippen LogP contribution in [0.15, 0.2) is 59.8 Å². The van der Waals surface area contributed by atoms with Crippen molar-refractivity contribution in [2.75, 3.05) is 5.75 Å². The highest BCUT2D eigenvalue weighted by Gasteiger charge is 2.11. The number of amides is 1. The second-order valence-corrected chi connectivity index (χ2v) is 6.54. The van der Waals surface area contributed by atoms with Gasteiger partial charge in [-0.05, 0) is 25.5 Å². The molecule has 122 valence electrons. The average molecular weight is 337 g/mol. The van der Waals surface area contributed by atoms with E-state index in [0.717, 1.165) is 22.2 Å². The third-order valence-electron chi connectivity index (χ3n) is 3.78. The molecule has 1 N–H and O–H groups in total. The SMILES string of the molecule is Cc1nc(SCC(=O)N[C@H](C)c2ccccc2)nc2ccccc12. The van der Waals surface area contributed by atoms with Crippen molar-refractivity contribution in [3.05, 3.63) is 65.9 Å². The molecule has 0 saturated heterocycles. The first-order valence-corrected chi connectivity index (χ1v) is 8.82. The summed E-state index contributed by atoms with van der Waals surface area (Å²) in [6, 6.07) is 17.8. The third-order valence-corrected chi connectivity index (χ3v) is 4.63. The van der Waals surface area contributed by atoms with Gasteiger partial charge in [0.05, 0.1) is 17.3 Å². The number of nitrogens with one attached hydrogen (secondary N) is 1. The molecule has 0 unspecified atom stereocenters. The molecule has 0 spiro atoms. The Bertz CT molecular complexity index is 852. The van der Waals surface area contributed by atoms with Crippen LogP contribution in [0.3, 0.4) is 0 Å². The Morgan fingerprint density at radius 2 is 1.79 bits per heavy atom. The zero-order chi connectivity index (χ0) is 16.9. The van der Waals surface area contributed by atoms with Gasteiger partial charge in [-0.25, -0.2) is 9.97 Å². The summed E-state index contributed by atoms with van der Waals surface area (Å²) in [4.78, 5) is 21.2. The zero-order valence-electron chi connectivity index (χ0n) is 13.7. The second kappa shape index (κ2) is 7.45. The van der Waals surface area contributed by atoms with Gasteiger partial charge in [-0.1, -0.05) is 60.3 Å². The Morgan fingerprint density at radius 1 is 1.08 bits per heavy atom. The molecule has 2 aromatic carbocycles. The van der Waals surface area contributed by atoms with Crippen LogP contribution >= 0.6 is 11.8 Å². The smallest absolute Gasteiger partial charge is 0.230 e. The molecule has 3 rings (SSSR count). The molecule has 24 heavy (non-hydrogen) atoms. The number of carbonyl (C=O) groups is 1. The highest BCUT2D eigenvalue weighted by atomic mass is 32.2. The van der Waals surface area contributed by atoms with E-state index in [1.165, 1.54) is 11.8 Å². The molecule has 5 heteroatoms. The fourth-order valence-corrected chi connectivity index (χ4v) is 3.22. The summed E-state index contributed by atoms with van der Waals surface area (Å²) in [7, 11) is 0. The Labute approximate surface area is 145 Å². The van der Waals surface area contributed by atoms with E-state index < -0.39 is 0 Å². The highest BCUT2D eigenvalue weighted by molar-refractivity contribution is 7.99. The number of hydrogen-bond acceptors (Lipinski definition) is 4. The fraction of sp³-hybridized carbons (Fsp3) is 0.211. The van der Waals surface area contributed by atoms with Crippen LogP contribution in [0.1, 0.15) is 24.2 Å². The number of para-hydroxylation sites is 1. The fourth-order valence-electron chi connectivity index (χ4n) is 2.51. The van der Waals surface area contributed by atoms with E-state index in [1.807, 2.05) is 68.4 Å². The Kier molecular flexibility index (Phi) is 5.11. The first-order chi connectivity index (χ1) is 11.6. The molecule has 1 amide bonds. The first kappa shape index (κ1) is 16.5. The number of aryl methyl sites for hydroxylation is 1. The maximum Gasteiger partial charge on any atom is 0.230 e. The maximum atomic E-state index is 12.2. The van der Waals surface area contributed by atoms with Gasteiger partial charge in [-0.3, -0.25) is 4.79 Å². The van der Waals surface area contributed by atoms with Crippen LogP contribution in [-0.2, 0) is 4.79 Å². The van der Waals surface area contributed by atoms with Gasteiger partial charge < -0.3 is 5.32 Å². The van der Waals surface area contributed by atoms with Gasteiger partial charge >= 0.3 is 0 Å². The Hall–Kier alpha value is -2.40. The van der Waals surface area contributed by atoms with Crippen molar-refractivity contribution in [1.82, 2.24) is 15.3 Å². The molecule has 3 aromatic rings. The number of aromatic nitrogens is 2. The summed E-state index contributed by atoms with van der Waals surface area (Å²) in [5.74, 6) is 0.278. The quantitative estimate of drug-likeness (QED) is 0.566. The predicted octanol–water partition coefficient (Wildman–Crippen LogP) is 3.91. The summed E-state index contributed by atoms with van der Waals surface area (Å²) in [6.07, 6.45) is 0. The van der Waals surface area contributed by atoms with Crippen molar-refractivity contribution < 1.29 is 4.79 Å². The number of thioether (sulfide) groups is 1. The van der Waals surface area contributed by atoms with E-state index in [9.17, 15) is 4.79 Å². The summed E-state index contributed by atoms with van der Waals surface area (Å²) in [5, 5.41) is 4.68. The molecule has 0 fully saturated rings. The number of nitrogens with zero attached hydrogens (tertiary/aromatic N) is 2. The van der Waals surface area contributed by atoms with Crippen LogP contribution in [0.25, 0.3) is 10.9 Å². The van der Waals surface area contributed by atoms with Gasteiger partial charge in [-0.2, -0.15) is 0 Å². The number of carbonyl (C=O) groups excluding carboxylic acids is 1. The maximum absolute atomic E-state index is 12.2. The van der Waals surface area contributed by atoms with Crippen LogP contribution in [0, 0.1) is 6.92 Å². The molecule has 0 aliphatic carbocycles. The van der Waals surface area contributed by atoms with Crippen molar-refractivity contribution in [3.8, 4) is 0 Å². The Morgan fingerprint density at radius 3 is 2.58 bits per heavy atom. The highest BCUT2D eigenvalue weighted by Crippen LogP contribution is 2.20. The molecule has 0 bridgehead atoms. The number of benzene rings is 2. The minimum atomic E-state index is -0.0224. The second-order valence-electron chi connectivity index (χ2n) is 5.60. The minimum Gasteiger partial charge on any atom is -0.349 e. The van der Waals surface area contributed by atoms with Crippen LogP contribution in [0.2, 0.25) is 0 Å². The van der Waals surface area contributed by atoms with Crippen LogP contribution in [0.5, 0.6) is 0 Å². The van der Waals surface area contributed by atoms with Gasteiger partial charge in [0.2, 0.25) is 5.91 Å². The van der Waals surface area contributed by atoms with Crippen LogP contribution in [-0.4, -0.2) is 21.6 Å². The number of rotatable bonds is 5. The number of hydrogen-bond donors (Lipinski definition) is 1. The molecule has 1 aromatic heterocycles. The topological polar surface area (TPSA) is 54.9 Å². The van der Waals surface area contributed by atoms with Crippen molar-refractivity contribution in [1.29, 1.82) is 0 Å². The third kappa shape index (κ3) is 3.92. The number of fused-ring (bicyclic) bond motifs is 1. The molecule has 1 atom stereocenters. The summed E-state index contributed by atoms with van der Waals surface area (Å²) in [5.41, 5.74) is 2.93. The van der Waals surface area contributed by atoms with Crippen molar-refractivity contribution in [2.24, 2.45) is 0 Å². The monoisotopic (exact) mass is 337 g/mol.